The van der Waals surface area contributed by atoms with Gasteiger partial charge in [-0.3, -0.25) is 4.79 Å². The Morgan fingerprint density at radius 3 is 2.17 bits per heavy atom. The SMILES string of the molecule is COc1cc(N(C(=O)OC(C)(C)C)C(=O)OC(C)(C)C)ncc1-c1cn(COCC[Si](C)(C)C)c2nc(NC(=O)C3CC3)ccc12. The van der Waals surface area contributed by atoms with Gasteiger partial charge in [0.15, 0.2) is 5.82 Å². The summed E-state index contributed by atoms with van der Waals surface area (Å²) in [6, 6.07) is 6.16. The van der Waals surface area contributed by atoms with E-state index in [0.717, 1.165) is 34.7 Å². The zero-order valence-corrected chi connectivity index (χ0v) is 29.6. The molecule has 0 atom stereocenters. The number of nitrogens with one attached hydrogen (secondary N) is 1. The molecule has 0 spiro atoms. The lowest BCUT2D eigenvalue weighted by atomic mass is 10.1. The van der Waals surface area contributed by atoms with Crippen LogP contribution < -0.4 is 15.0 Å². The molecule has 12 nitrogen and oxygen atoms in total. The van der Waals surface area contributed by atoms with Crippen molar-refractivity contribution in [1.82, 2.24) is 14.5 Å². The molecule has 0 radical (unpaired) electrons. The molecule has 1 N–H and O–H groups in total. The molecule has 46 heavy (non-hydrogen) atoms. The molecule has 0 bridgehead atoms. The smallest absolute Gasteiger partial charge is 0.425 e. The Bertz CT molecular complexity index is 1570. The molecule has 0 aromatic carbocycles. The van der Waals surface area contributed by atoms with Crippen molar-refractivity contribution in [1.29, 1.82) is 0 Å². The zero-order valence-electron chi connectivity index (χ0n) is 28.6. The van der Waals surface area contributed by atoms with Gasteiger partial charge in [-0.05, 0) is 72.6 Å². The molecular weight excluding hydrogens is 606 g/mol. The summed E-state index contributed by atoms with van der Waals surface area (Å²) in [5.41, 5.74) is 0.219. The second-order valence-corrected chi connectivity index (χ2v) is 20.4. The van der Waals surface area contributed by atoms with Gasteiger partial charge in [0.1, 0.15) is 35.1 Å². The van der Waals surface area contributed by atoms with Gasteiger partial charge in [-0.2, -0.15) is 4.90 Å². The van der Waals surface area contributed by atoms with E-state index < -0.39 is 31.5 Å². The van der Waals surface area contributed by atoms with Gasteiger partial charge < -0.3 is 28.8 Å². The molecule has 1 fully saturated rings. The number of amides is 3. The molecule has 3 aromatic heterocycles. The molecule has 3 amide bonds. The highest BCUT2D eigenvalue weighted by molar-refractivity contribution is 6.76. The maximum atomic E-state index is 13.2. The molecule has 1 aliphatic rings. The second kappa shape index (κ2) is 13.4. The fraction of sp³-hybridized carbons (Fsp3) is 0.545. The Kier molecular flexibility index (Phi) is 10.2. The van der Waals surface area contributed by atoms with Crippen molar-refractivity contribution in [3.63, 3.8) is 0 Å². The Hall–Kier alpha value is -3.97. The van der Waals surface area contributed by atoms with Gasteiger partial charge in [0.05, 0.1) is 7.11 Å². The molecule has 3 aromatic rings. The van der Waals surface area contributed by atoms with Crippen molar-refractivity contribution in [2.75, 3.05) is 23.9 Å². The lowest BCUT2D eigenvalue weighted by Gasteiger charge is -2.28. The molecule has 0 aliphatic heterocycles. The molecule has 3 heterocycles. The summed E-state index contributed by atoms with van der Waals surface area (Å²) in [7, 11) is 0.205. The highest BCUT2D eigenvalue weighted by atomic mass is 28.3. The topological polar surface area (TPSA) is 134 Å². The predicted molar refractivity (Wildman–Crippen MR) is 180 cm³/mol. The summed E-state index contributed by atoms with van der Waals surface area (Å²) in [4.78, 5) is 49.0. The highest BCUT2D eigenvalue weighted by Gasteiger charge is 2.34. The van der Waals surface area contributed by atoms with Crippen LogP contribution in [-0.4, -0.2) is 65.6 Å². The number of imide groups is 1. The number of ether oxygens (including phenoxy) is 4. The summed E-state index contributed by atoms with van der Waals surface area (Å²) >= 11 is 0. The first-order valence-electron chi connectivity index (χ1n) is 15.5. The van der Waals surface area contributed by atoms with E-state index in [0.29, 0.717) is 29.4 Å². The molecule has 250 valence electrons. The van der Waals surface area contributed by atoms with Crippen molar-refractivity contribution in [3.8, 4) is 16.9 Å². The van der Waals surface area contributed by atoms with Crippen molar-refractivity contribution >= 4 is 48.8 Å². The normalized spacial score (nSPS) is 13.8. The first kappa shape index (κ1) is 34.9. The van der Waals surface area contributed by atoms with Crippen LogP contribution >= 0.6 is 0 Å². The third-order valence-electron chi connectivity index (χ3n) is 6.89. The Labute approximate surface area is 271 Å². The van der Waals surface area contributed by atoms with E-state index in [1.807, 2.05) is 16.8 Å². The van der Waals surface area contributed by atoms with Crippen molar-refractivity contribution in [2.24, 2.45) is 5.92 Å². The summed E-state index contributed by atoms with van der Waals surface area (Å²) in [6.07, 6.45) is 3.35. The number of nitrogens with zero attached hydrogens (tertiary/aromatic N) is 4. The number of carbonyl (C=O) groups excluding carboxylic acids is 3. The fourth-order valence-corrected chi connectivity index (χ4v) is 5.22. The second-order valence-electron chi connectivity index (χ2n) is 14.7. The molecule has 0 saturated heterocycles. The minimum Gasteiger partial charge on any atom is -0.496 e. The molecule has 1 saturated carbocycles. The van der Waals surface area contributed by atoms with Crippen LogP contribution in [0.15, 0.2) is 30.6 Å². The van der Waals surface area contributed by atoms with E-state index in [9.17, 15) is 14.4 Å². The lowest BCUT2D eigenvalue weighted by molar-refractivity contribution is -0.117. The molecule has 4 rings (SSSR count). The number of carbonyl (C=O) groups is 3. The number of fused-ring (bicyclic) bond motifs is 1. The van der Waals surface area contributed by atoms with Crippen LogP contribution in [-0.2, 0) is 25.7 Å². The van der Waals surface area contributed by atoms with E-state index in [4.69, 9.17) is 23.9 Å². The molecular formula is C33H47N5O7Si. The number of rotatable bonds is 10. The van der Waals surface area contributed by atoms with Crippen LogP contribution in [0.4, 0.5) is 21.2 Å². The lowest BCUT2D eigenvalue weighted by Crippen LogP contribution is -2.44. The van der Waals surface area contributed by atoms with Crippen molar-refractivity contribution in [2.45, 2.75) is 98.0 Å². The minimum absolute atomic E-state index is 0.0225. The minimum atomic E-state index is -1.29. The maximum absolute atomic E-state index is 13.2. The highest BCUT2D eigenvalue weighted by Crippen LogP contribution is 2.38. The summed E-state index contributed by atoms with van der Waals surface area (Å²) in [5.74, 6) is 0.804. The van der Waals surface area contributed by atoms with Crippen LogP contribution in [0, 0.1) is 5.92 Å². The number of hydrogen-bond acceptors (Lipinski definition) is 9. The number of anilines is 2. The van der Waals surface area contributed by atoms with Crippen LogP contribution in [0.3, 0.4) is 0 Å². The predicted octanol–water partition coefficient (Wildman–Crippen LogP) is 7.44. The molecule has 13 heteroatoms. The first-order chi connectivity index (χ1) is 21.3. The van der Waals surface area contributed by atoms with Crippen LogP contribution in [0.2, 0.25) is 25.7 Å². The van der Waals surface area contributed by atoms with Gasteiger partial charge in [-0.25, -0.2) is 19.6 Å². The average Bonchev–Trinajstić information content (AvgIpc) is 3.71. The molecule has 1 aliphatic carbocycles. The van der Waals surface area contributed by atoms with Crippen molar-refractivity contribution in [3.05, 3.63) is 30.6 Å². The number of methoxy groups -OCH3 is 1. The zero-order chi connectivity index (χ0) is 34.0. The van der Waals surface area contributed by atoms with E-state index in [2.05, 4.69) is 29.9 Å². The average molecular weight is 654 g/mol. The monoisotopic (exact) mass is 653 g/mol. The quantitative estimate of drug-likeness (QED) is 0.175. The van der Waals surface area contributed by atoms with Crippen LogP contribution in [0.5, 0.6) is 5.75 Å². The van der Waals surface area contributed by atoms with E-state index in [-0.39, 0.29) is 24.4 Å². The molecule has 0 unspecified atom stereocenters. The number of hydrogen-bond donors (Lipinski definition) is 1. The Morgan fingerprint density at radius 2 is 1.63 bits per heavy atom. The van der Waals surface area contributed by atoms with Gasteiger partial charge >= 0.3 is 12.2 Å². The van der Waals surface area contributed by atoms with Crippen LogP contribution in [0.1, 0.15) is 54.4 Å². The van der Waals surface area contributed by atoms with Gasteiger partial charge in [0.2, 0.25) is 5.91 Å². The first-order valence-corrected chi connectivity index (χ1v) is 19.2. The number of pyridine rings is 2. The van der Waals surface area contributed by atoms with E-state index >= 15 is 0 Å². The van der Waals surface area contributed by atoms with Crippen molar-refractivity contribution < 1.29 is 33.3 Å². The standard InChI is InChI=1S/C33H47N5O7Si/c1-32(2,3)44-30(40)38(31(41)45-33(4,5)6)27-17-25(42-7)23(18-34-27)24-19-37(20-43-15-16-46(8,9)10)28-22(24)13-14-26(35-28)36-29(39)21-11-12-21/h13-14,17-19,21H,11-12,15-16,20H2,1-10H3,(H,35,36,39). The number of aromatic nitrogens is 3. The third-order valence-corrected chi connectivity index (χ3v) is 8.60. The Morgan fingerprint density at radius 1 is 1.00 bits per heavy atom. The van der Waals surface area contributed by atoms with E-state index in [1.165, 1.54) is 19.4 Å². The Balaban J connectivity index is 1.75. The van der Waals surface area contributed by atoms with Gasteiger partial charge in [0, 0.05) is 55.6 Å². The van der Waals surface area contributed by atoms with E-state index in [1.54, 1.807) is 47.6 Å². The third kappa shape index (κ3) is 9.29. The summed E-state index contributed by atoms with van der Waals surface area (Å²) in [5, 5.41) is 3.71. The van der Waals surface area contributed by atoms with Crippen LogP contribution in [0.25, 0.3) is 22.2 Å². The summed E-state index contributed by atoms with van der Waals surface area (Å²) < 4.78 is 24.8. The van der Waals surface area contributed by atoms with Gasteiger partial charge in [-0.15, -0.1) is 0 Å². The summed E-state index contributed by atoms with van der Waals surface area (Å²) in [6.45, 7) is 18.0. The largest absolute Gasteiger partial charge is 0.496 e. The maximum Gasteiger partial charge on any atom is 0.425 e. The fourth-order valence-electron chi connectivity index (χ4n) is 4.46. The van der Waals surface area contributed by atoms with Gasteiger partial charge in [-0.1, -0.05) is 19.6 Å². The van der Waals surface area contributed by atoms with Gasteiger partial charge in [0.25, 0.3) is 0 Å².